The molecule has 0 saturated heterocycles. The molecule has 0 radical (unpaired) electrons. The number of nitriles is 1. The molecule has 0 saturated carbocycles. The van der Waals surface area contributed by atoms with Gasteiger partial charge in [0.25, 0.3) is 0 Å². The lowest BCUT2D eigenvalue weighted by Gasteiger charge is -2.07. The highest BCUT2D eigenvalue weighted by molar-refractivity contribution is 7.10. The van der Waals surface area contributed by atoms with E-state index in [9.17, 15) is 10.1 Å². The first kappa shape index (κ1) is 13.1. The molecule has 0 atom stereocenters. The van der Waals surface area contributed by atoms with Gasteiger partial charge in [-0.3, -0.25) is 10.1 Å². The van der Waals surface area contributed by atoms with Crippen LogP contribution in [0.4, 0.5) is 11.4 Å². The Morgan fingerprint density at radius 1 is 1.47 bits per heavy atom. The van der Waals surface area contributed by atoms with Crippen LogP contribution in [-0.2, 0) is 6.54 Å². The molecule has 1 aromatic heterocycles. The topological polar surface area (TPSA) is 79.0 Å². The van der Waals surface area contributed by atoms with E-state index in [1.165, 1.54) is 6.07 Å². The summed E-state index contributed by atoms with van der Waals surface area (Å²) in [6.07, 6.45) is 0. The van der Waals surface area contributed by atoms with Crippen LogP contribution in [0.1, 0.15) is 16.0 Å². The third-order valence-electron chi connectivity index (χ3n) is 2.75. The minimum atomic E-state index is -0.526. The van der Waals surface area contributed by atoms with E-state index < -0.39 is 4.92 Å². The standard InChI is InChI=1S/C13H11N3O2S/c1-9-5-6-19-12(9)8-15-11-4-2-3-10(7-14)13(11)16(17)18/h2-6,15H,8H2,1H3. The van der Waals surface area contributed by atoms with E-state index in [-0.39, 0.29) is 11.3 Å². The Bertz CT molecular complexity index is 658. The molecule has 0 aliphatic carbocycles. The third-order valence-corrected chi connectivity index (χ3v) is 3.77. The zero-order valence-corrected chi connectivity index (χ0v) is 11.0. The fraction of sp³-hybridized carbons (Fsp3) is 0.154. The first-order chi connectivity index (χ1) is 9.13. The summed E-state index contributed by atoms with van der Waals surface area (Å²) in [4.78, 5) is 11.6. The van der Waals surface area contributed by atoms with Crippen molar-refractivity contribution in [1.82, 2.24) is 0 Å². The van der Waals surface area contributed by atoms with Crippen molar-refractivity contribution in [3.63, 3.8) is 0 Å². The summed E-state index contributed by atoms with van der Waals surface area (Å²) >= 11 is 1.60. The molecule has 5 nitrogen and oxygen atoms in total. The van der Waals surface area contributed by atoms with Gasteiger partial charge in [-0.05, 0) is 36.1 Å². The number of anilines is 1. The summed E-state index contributed by atoms with van der Waals surface area (Å²) in [6.45, 7) is 2.51. The molecular formula is C13H11N3O2S. The molecule has 1 heterocycles. The first-order valence-electron chi connectivity index (χ1n) is 5.58. The normalized spacial score (nSPS) is 9.89. The van der Waals surface area contributed by atoms with Crippen molar-refractivity contribution in [3.8, 4) is 6.07 Å². The predicted molar refractivity (Wildman–Crippen MR) is 74.2 cm³/mol. The molecule has 0 aliphatic heterocycles. The number of hydrogen-bond acceptors (Lipinski definition) is 5. The smallest absolute Gasteiger partial charge is 0.309 e. The van der Waals surface area contributed by atoms with E-state index in [1.54, 1.807) is 23.5 Å². The molecule has 2 rings (SSSR count). The highest BCUT2D eigenvalue weighted by atomic mass is 32.1. The fourth-order valence-electron chi connectivity index (χ4n) is 1.73. The van der Waals surface area contributed by atoms with Crippen LogP contribution in [0.3, 0.4) is 0 Å². The van der Waals surface area contributed by atoms with Gasteiger partial charge in [0.1, 0.15) is 17.3 Å². The second-order valence-electron chi connectivity index (χ2n) is 3.95. The lowest BCUT2D eigenvalue weighted by atomic mass is 10.1. The van der Waals surface area contributed by atoms with E-state index in [2.05, 4.69) is 5.32 Å². The Hall–Kier alpha value is -2.39. The number of nitro benzene ring substituents is 1. The summed E-state index contributed by atoms with van der Waals surface area (Å²) < 4.78 is 0. The molecule has 1 N–H and O–H groups in total. The van der Waals surface area contributed by atoms with Gasteiger partial charge >= 0.3 is 5.69 Å². The molecule has 0 spiro atoms. The van der Waals surface area contributed by atoms with E-state index in [4.69, 9.17) is 5.26 Å². The van der Waals surface area contributed by atoms with Crippen molar-refractivity contribution in [1.29, 1.82) is 5.26 Å². The number of aryl methyl sites for hydroxylation is 1. The highest BCUT2D eigenvalue weighted by Crippen LogP contribution is 2.29. The second-order valence-corrected chi connectivity index (χ2v) is 4.95. The van der Waals surface area contributed by atoms with Crippen molar-refractivity contribution < 1.29 is 4.92 Å². The lowest BCUT2D eigenvalue weighted by molar-refractivity contribution is -0.384. The van der Waals surface area contributed by atoms with Crippen LogP contribution in [0.25, 0.3) is 0 Å². The Morgan fingerprint density at radius 2 is 2.26 bits per heavy atom. The molecule has 1 aromatic carbocycles. The van der Waals surface area contributed by atoms with Crippen LogP contribution in [0.5, 0.6) is 0 Å². The number of rotatable bonds is 4. The van der Waals surface area contributed by atoms with Gasteiger partial charge < -0.3 is 5.32 Å². The van der Waals surface area contributed by atoms with E-state index >= 15 is 0 Å². The zero-order valence-electron chi connectivity index (χ0n) is 10.2. The van der Waals surface area contributed by atoms with E-state index in [0.29, 0.717) is 12.2 Å². The van der Waals surface area contributed by atoms with Gasteiger partial charge in [0, 0.05) is 11.4 Å². The van der Waals surface area contributed by atoms with Gasteiger partial charge in [0.15, 0.2) is 0 Å². The Balaban J connectivity index is 2.28. The summed E-state index contributed by atoms with van der Waals surface area (Å²) in [5.74, 6) is 0. The summed E-state index contributed by atoms with van der Waals surface area (Å²) in [5.41, 5.74) is 1.42. The molecular weight excluding hydrogens is 262 g/mol. The monoisotopic (exact) mass is 273 g/mol. The van der Waals surface area contributed by atoms with Crippen LogP contribution in [-0.4, -0.2) is 4.92 Å². The SMILES string of the molecule is Cc1ccsc1CNc1cccc(C#N)c1[N+](=O)[O-]. The van der Waals surface area contributed by atoms with Gasteiger partial charge in [-0.15, -0.1) is 11.3 Å². The average molecular weight is 273 g/mol. The van der Waals surface area contributed by atoms with Crippen molar-refractivity contribution in [2.45, 2.75) is 13.5 Å². The minimum Gasteiger partial charge on any atom is -0.375 e. The zero-order chi connectivity index (χ0) is 13.8. The number of para-hydroxylation sites is 1. The minimum absolute atomic E-state index is 0.0675. The quantitative estimate of drug-likeness (QED) is 0.683. The Morgan fingerprint density at radius 3 is 2.84 bits per heavy atom. The summed E-state index contributed by atoms with van der Waals surface area (Å²) in [7, 11) is 0. The maximum atomic E-state index is 11.0. The van der Waals surface area contributed by atoms with Crippen LogP contribution < -0.4 is 5.32 Å². The number of nitrogens with zero attached hydrogens (tertiary/aromatic N) is 2. The van der Waals surface area contributed by atoms with Crippen LogP contribution >= 0.6 is 11.3 Å². The van der Waals surface area contributed by atoms with Crippen molar-refractivity contribution in [2.24, 2.45) is 0 Å². The Labute approximate surface area is 114 Å². The van der Waals surface area contributed by atoms with Gasteiger partial charge in [0.05, 0.1) is 4.92 Å². The van der Waals surface area contributed by atoms with Crippen molar-refractivity contribution in [3.05, 3.63) is 55.8 Å². The molecule has 0 bridgehead atoms. The molecule has 0 amide bonds. The van der Waals surface area contributed by atoms with Gasteiger partial charge in [-0.2, -0.15) is 5.26 Å². The number of thiophene rings is 1. The predicted octanol–water partition coefficient (Wildman–Crippen LogP) is 3.45. The number of nitro groups is 1. The molecule has 6 heteroatoms. The van der Waals surface area contributed by atoms with E-state index in [0.717, 1.165) is 10.4 Å². The van der Waals surface area contributed by atoms with Gasteiger partial charge in [0.2, 0.25) is 0 Å². The molecule has 96 valence electrons. The number of nitrogens with one attached hydrogen (secondary N) is 1. The summed E-state index contributed by atoms with van der Waals surface area (Å²) in [6, 6.07) is 8.54. The highest BCUT2D eigenvalue weighted by Gasteiger charge is 2.19. The molecule has 0 unspecified atom stereocenters. The van der Waals surface area contributed by atoms with Crippen molar-refractivity contribution in [2.75, 3.05) is 5.32 Å². The number of hydrogen-bond donors (Lipinski definition) is 1. The van der Waals surface area contributed by atoms with E-state index in [1.807, 2.05) is 24.4 Å². The molecule has 2 aromatic rings. The fourth-order valence-corrected chi connectivity index (χ4v) is 2.58. The largest absolute Gasteiger partial charge is 0.375 e. The van der Waals surface area contributed by atoms with Gasteiger partial charge in [-0.25, -0.2) is 0 Å². The summed E-state index contributed by atoms with van der Waals surface area (Å²) in [5, 5.41) is 25.0. The van der Waals surface area contributed by atoms with Crippen LogP contribution in [0.2, 0.25) is 0 Å². The Kier molecular flexibility index (Phi) is 3.78. The number of benzene rings is 1. The molecule has 19 heavy (non-hydrogen) atoms. The maximum Gasteiger partial charge on any atom is 0.309 e. The molecule has 0 fully saturated rings. The van der Waals surface area contributed by atoms with Crippen LogP contribution in [0.15, 0.2) is 29.6 Å². The third kappa shape index (κ3) is 2.72. The first-order valence-corrected chi connectivity index (χ1v) is 6.45. The average Bonchev–Trinajstić information content (AvgIpc) is 2.81. The maximum absolute atomic E-state index is 11.0. The lowest BCUT2D eigenvalue weighted by Crippen LogP contribution is -2.03. The second kappa shape index (κ2) is 5.50. The van der Waals surface area contributed by atoms with Gasteiger partial charge in [-0.1, -0.05) is 6.07 Å². The van der Waals surface area contributed by atoms with Crippen LogP contribution in [0, 0.1) is 28.4 Å². The van der Waals surface area contributed by atoms with Crippen molar-refractivity contribution >= 4 is 22.7 Å². The molecule has 0 aliphatic rings.